The Morgan fingerprint density at radius 2 is 2.16 bits per heavy atom. The fourth-order valence-electron chi connectivity index (χ4n) is 1.39. The minimum Gasteiger partial charge on any atom is -0.466 e. The lowest BCUT2D eigenvalue weighted by molar-refractivity contribution is 0.382. The summed E-state index contributed by atoms with van der Waals surface area (Å²) in [5, 5.41) is 6.16. The van der Waals surface area contributed by atoms with Crippen LogP contribution in [-0.2, 0) is 10.0 Å². The van der Waals surface area contributed by atoms with Gasteiger partial charge in [0.2, 0.25) is 5.95 Å². The van der Waals surface area contributed by atoms with Crippen molar-refractivity contribution in [1.82, 2.24) is 15.2 Å². The van der Waals surface area contributed by atoms with E-state index < -0.39 is 10.0 Å². The zero-order valence-corrected chi connectivity index (χ0v) is 11.7. The average molecular weight is 303 g/mol. The molecule has 0 aliphatic rings. The Labute approximate surface area is 115 Å². The first-order valence-corrected chi connectivity index (χ1v) is 7.04. The summed E-state index contributed by atoms with van der Waals surface area (Å²) in [7, 11) is -2.45. The number of hydrogen-bond donors (Lipinski definition) is 2. The second-order valence-corrected chi connectivity index (χ2v) is 5.77. The van der Waals surface area contributed by atoms with E-state index in [0.29, 0.717) is 0 Å². The maximum atomic E-state index is 12.1. The highest BCUT2D eigenvalue weighted by Crippen LogP contribution is 2.24. The van der Waals surface area contributed by atoms with Gasteiger partial charge < -0.3 is 4.74 Å². The molecule has 0 atom stereocenters. The van der Waals surface area contributed by atoms with Crippen LogP contribution in [0.1, 0.15) is 5.56 Å². The van der Waals surface area contributed by atoms with E-state index in [1.54, 1.807) is 12.1 Å². The normalized spacial score (nSPS) is 11.3. The first-order valence-electron chi connectivity index (χ1n) is 5.18. The number of methoxy groups -OCH3 is 1. The molecular formula is C10H11ClN4O3S. The van der Waals surface area contributed by atoms with E-state index in [-0.39, 0.29) is 21.9 Å². The quantitative estimate of drug-likeness (QED) is 0.893. The summed E-state index contributed by atoms with van der Waals surface area (Å²) in [4.78, 5) is 3.73. The lowest BCUT2D eigenvalue weighted by atomic mass is 10.2. The molecule has 0 saturated carbocycles. The maximum Gasteiger partial charge on any atom is 0.336 e. The summed E-state index contributed by atoms with van der Waals surface area (Å²) < 4.78 is 31.2. The topological polar surface area (TPSA) is 97.0 Å². The Balaban J connectivity index is 2.32. The van der Waals surface area contributed by atoms with E-state index in [9.17, 15) is 8.42 Å². The number of aryl methyl sites for hydroxylation is 1. The highest BCUT2D eigenvalue weighted by atomic mass is 35.5. The van der Waals surface area contributed by atoms with Gasteiger partial charge >= 0.3 is 6.01 Å². The smallest absolute Gasteiger partial charge is 0.336 e. The van der Waals surface area contributed by atoms with E-state index in [4.69, 9.17) is 16.3 Å². The summed E-state index contributed by atoms with van der Waals surface area (Å²) in [5.74, 6) is -0.0477. The SMILES string of the molecule is COc1n[nH]c(NS(=O)(=O)c2ccc(C)cc2Cl)n1. The molecule has 0 fully saturated rings. The molecule has 0 unspecified atom stereocenters. The van der Waals surface area contributed by atoms with Crippen molar-refractivity contribution >= 4 is 27.6 Å². The molecule has 9 heteroatoms. The molecule has 0 aliphatic carbocycles. The van der Waals surface area contributed by atoms with Gasteiger partial charge in [-0.3, -0.25) is 0 Å². The number of benzene rings is 1. The number of hydrogen-bond acceptors (Lipinski definition) is 5. The summed E-state index contributed by atoms with van der Waals surface area (Å²) in [6.45, 7) is 1.82. The number of aromatic amines is 1. The second-order valence-electron chi connectivity index (χ2n) is 3.71. The Hall–Kier alpha value is -1.80. The number of halogens is 1. The first kappa shape index (κ1) is 13.6. The molecule has 1 aromatic carbocycles. The number of H-pyrrole nitrogens is 1. The molecule has 0 aliphatic heterocycles. The number of sulfonamides is 1. The maximum absolute atomic E-state index is 12.1. The Bertz CT molecular complexity index is 699. The van der Waals surface area contributed by atoms with Gasteiger partial charge in [-0.2, -0.15) is 4.98 Å². The van der Waals surface area contributed by atoms with Gasteiger partial charge in [0.1, 0.15) is 4.90 Å². The van der Waals surface area contributed by atoms with Crippen LogP contribution >= 0.6 is 11.6 Å². The van der Waals surface area contributed by atoms with Gasteiger partial charge in [-0.05, 0) is 24.6 Å². The second kappa shape index (κ2) is 5.06. The Morgan fingerprint density at radius 1 is 1.42 bits per heavy atom. The number of anilines is 1. The molecule has 102 valence electrons. The van der Waals surface area contributed by atoms with Gasteiger partial charge in [-0.1, -0.05) is 17.7 Å². The van der Waals surface area contributed by atoms with Crippen LogP contribution in [0, 0.1) is 6.92 Å². The summed E-state index contributed by atoms with van der Waals surface area (Å²) in [6, 6.07) is 4.68. The molecule has 0 spiro atoms. The molecule has 2 rings (SSSR count). The molecule has 0 amide bonds. The molecule has 2 N–H and O–H groups in total. The molecule has 19 heavy (non-hydrogen) atoms. The standard InChI is InChI=1S/C10H11ClN4O3S/c1-6-3-4-8(7(11)5-6)19(16,17)15-9-12-10(18-2)14-13-9/h3-5H,1-2H3,(H2,12,13,14,15). The van der Waals surface area contributed by atoms with Crippen molar-refractivity contribution in [3.05, 3.63) is 28.8 Å². The molecule has 0 saturated heterocycles. The lowest BCUT2D eigenvalue weighted by Crippen LogP contribution is -2.14. The predicted molar refractivity (Wildman–Crippen MR) is 69.9 cm³/mol. The van der Waals surface area contributed by atoms with Gasteiger partial charge in [-0.25, -0.2) is 18.2 Å². The number of aromatic nitrogens is 3. The van der Waals surface area contributed by atoms with Crippen LogP contribution in [0.15, 0.2) is 23.1 Å². The molecule has 0 radical (unpaired) electrons. The molecule has 1 heterocycles. The third kappa shape index (κ3) is 2.96. The highest BCUT2D eigenvalue weighted by molar-refractivity contribution is 7.92. The van der Waals surface area contributed by atoms with E-state index in [1.807, 2.05) is 6.92 Å². The van der Waals surface area contributed by atoms with Crippen LogP contribution in [0.2, 0.25) is 5.02 Å². The lowest BCUT2D eigenvalue weighted by Gasteiger charge is -2.07. The van der Waals surface area contributed by atoms with Crippen LogP contribution in [0.25, 0.3) is 0 Å². The van der Waals surface area contributed by atoms with Crippen LogP contribution in [0.3, 0.4) is 0 Å². The van der Waals surface area contributed by atoms with E-state index in [2.05, 4.69) is 19.9 Å². The third-order valence-electron chi connectivity index (χ3n) is 2.26. The number of nitrogens with zero attached hydrogens (tertiary/aromatic N) is 2. The van der Waals surface area contributed by atoms with Crippen LogP contribution in [0.5, 0.6) is 6.01 Å². The summed E-state index contributed by atoms with van der Waals surface area (Å²) in [6.07, 6.45) is 0. The van der Waals surface area contributed by atoms with Crippen molar-refractivity contribution in [3.8, 4) is 6.01 Å². The largest absolute Gasteiger partial charge is 0.466 e. The number of nitrogens with one attached hydrogen (secondary N) is 2. The van der Waals surface area contributed by atoms with Gasteiger partial charge in [0.15, 0.2) is 0 Å². The minimum absolute atomic E-state index is 0.0323. The van der Waals surface area contributed by atoms with Crippen molar-refractivity contribution < 1.29 is 13.2 Å². The van der Waals surface area contributed by atoms with E-state index >= 15 is 0 Å². The highest BCUT2D eigenvalue weighted by Gasteiger charge is 2.19. The number of rotatable bonds is 4. The zero-order chi connectivity index (χ0) is 14.0. The Kier molecular flexibility index (Phi) is 3.63. The first-order chi connectivity index (χ1) is 8.92. The molecule has 0 bridgehead atoms. The minimum atomic E-state index is -3.83. The van der Waals surface area contributed by atoms with Gasteiger partial charge in [0.25, 0.3) is 10.0 Å². The molecular weight excluding hydrogens is 292 g/mol. The predicted octanol–water partition coefficient (Wildman–Crippen LogP) is 1.58. The van der Waals surface area contributed by atoms with Crippen LogP contribution in [0.4, 0.5) is 5.95 Å². The fourth-order valence-corrected chi connectivity index (χ4v) is 2.95. The van der Waals surface area contributed by atoms with Crippen LogP contribution in [-0.4, -0.2) is 30.7 Å². The van der Waals surface area contributed by atoms with Crippen molar-refractivity contribution in [2.45, 2.75) is 11.8 Å². The van der Waals surface area contributed by atoms with Crippen LogP contribution < -0.4 is 9.46 Å². The van der Waals surface area contributed by atoms with Crippen molar-refractivity contribution in [1.29, 1.82) is 0 Å². The molecule has 1 aromatic heterocycles. The van der Waals surface area contributed by atoms with Crippen molar-refractivity contribution in [2.75, 3.05) is 11.8 Å². The van der Waals surface area contributed by atoms with Gasteiger partial charge in [-0.15, -0.1) is 5.10 Å². The third-order valence-corrected chi connectivity index (χ3v) is 4.08. The zero-order valence-electron chi connectivity index (χ0n) is 10.1. The number of ether oxygens (including phenoxy) is 1. The summed E-state index contributed by atoms with van der Waals surface area (Å²) in [5.41, 5.74) is 0.866. The summed E-state index contributed by atoms with van der Waals surface area (Å²) >= 11 is 5.92. The fraction of sp³-hybridized carbons (Fsp3) is 0.200. The van der Waals surface area contributed by atoms with Crippen molar-refractivity contribution in [2.24, 2.45) is 0 Å². The Morgan fingerprint density at radius 3 is 2.74 bits per heavy atom. The van der Waals surface area contributed by atoms with E-state index in [0.717, 1.165) is 5.56 Å². The monoisotopic (exact) mass is 302 g/mol. The van der Waals surface area contributed by atoms with Gasteiger partial charge in [0.05, 0.1) is 12.1 Å². The van der Waals surface area contributed by atoms with E-state index in [1.165, 1.54) is 13.2 Å². The van der Waals surface area contributed by atoms with Crippen molar-refractivity contribution in [3.63, 3.8) is 0 Å². The molecule has 2 aromatic rings. The molecule has 7 nitrogen and oxygen atoms in total. The van der Waals surface area contributed by atoms with Gasteiger partial charge in [0, 0.05) is 0 Å². The average Bonchev–Trinajstić information content (AvgIpc) is 2.75.